The molecule has 1 fully saturated rings. The molecule has 0 radical (unpaired) electrons. The van der Waals surface area contributed by atoms with Crippen LogP contribution in [0.3, 0.4) is 0 Å². The Hall–Kier alpha value is -0.810. The van der Waals surface area contributed by atoms with Gasteiger partial charge in [0.15, 0.2) is 0 Å². The van der Waals surface area contributed by atoms with E-state index >= 15 is 0 Å². The van der Waals surface area contributed by atoms with Crippen molar-refractivity contribution in [1.82, 2.24) is 5.32 Å². The van der Waals surface area contributed by atoms with Gasteiger partial charge in [-0.15, -0.1) is 0 Å². The van der Waals surface area contributed by atoms with Gasteiger partial charge in [-0.05, 0) is 19.8 Å². The fourth-order valence-corrected chi connectivity index (χ4v) is 1.64. The Morgan fingerprint density at radius 1 is 1.71 bits per heavy atom. The van der Waals surface area contributed by atoms with Crippen LogP contribution in [-0.2, 0) is 4.74 Å². The first-order valence-electron chi connectivity index (χ1n) is 5.03. The van der Waals surface area contributed by atoms with Gasteiger partial charge in [-0.3, -0.25) is 0 Å². The van der Waals surface area contributed by atoms with Gasteiger partial charge < -0.3 is 21.0 Å². The molecule has 1 heterocycles. The van der Waals surface area contributed by atoms with E-state index in [9.17, 15) is 0 Å². The first-order chi connectivity index (χ1) is 6.72. The van der Waals surface area contributed by atoms with Crippen molar-refractivity contribution in [2.75, 3.05) is 13.2 Å². The van der Waals surface area contributed by atoms with Gasteiger partial charge in [0.2, 0.25) is 0 Å². The van der Waals surface area contributed by atoms with E-state index in [0.29, 0.717) is 18.6 Å². The van der Waals surface area contributed by atoms with Crippen LogP contribution in [0, 0.1) is 0 Å². The fraction of sp³-hybridized carbons (Fsp3) is 0.889. The lowest BCUT2D eigenvalue weighted by Crippen LogP contribution is -2.39. The molecule has 2 unspecified atom stereocenters. The molecule has 0 amide bonds. The average Bonchev–Trinajstić information content (AvgIpc) is 2.17. The van der Waals surface area contributed by atoms with Crippen LogP contribution in [0.5, 0.6) is 0 Å². The van der Waals surface area contributed by atoms with Gasteiger partial charge in [0.1, 0.15) is 5.84 Å². The quantitative estimate of drug-likeness (QED) is 0.264. The number of ether oxygens (including phenoxy) is 1. The van der Waals surface area contributed by atoms with E-state index in [1.165, 1.54) is 0 Å². The molecule has 5 nitrogen and oxygen atoms in total. The molecule has 14 heavy (non-hydrogen) atoms. The number of rotatable bonds is 4. The summed E-state index contributed by atoms with van der Waals surface area (Å²) in [6, 6.07) is 0.505. The van der Waals surface area contributed by atoms with Crippen LogP contribution in [0.15, 0.2) is 5.16 Å². The molecule has 1 aliphatic heterocycles. The monoisotopic (exact) mass is 201 g/mol. The predicted molar refractivity (Wildman–Crippen MR) is 54.5 cm³/mol. The molecule has 0 aliphatic carbocycles. The van der Waals surface area contributed by atoms with Crippen molar-refractivity contribution in [1.29, 1.82) is 0 Å². The van der Waals surface area contributed by atoms with E-state index in [2.05, 4.69) is 17.4 Å². The molecule has 0 spiro atoms. The number of hydrogen-bond acceptors (Lipinski definition) is 4. The SMILES string of the molecule is CC1CC(NCCC(N)=NO)CCO1. The molecule has 0 aromatic rings. The van der Waals surface area contributed by atoms with E-state index in [1.54, 1.807) is 0 Å². The van der Waals surface area contributed by atoms with E-state index < -0.39 is 0 Å². The molecule has 0 saturated carbocycles. The van der Waals surface area contributed by atoms with Gasteiger partial charge in [-0.1, -0.05) is 5.16 Å². The third kappa shape index (κ3) is 3.93. The molecule has 1 saturated heterocycles. The highest BCUT2D eigenvalue weighted by molar-refractivity contribution is 5.79. The summed E-state index contributed by atoms with van der Waals surface area (Å²) in [6.45, 7) is 3.66. The lowest BCUT2D eigenvalue weighted by molar-refractivity contribution is 0.0136. The van der Waals surface area contributed by atoms with E-state index in [1.807, 2.05) is 0 Å². The van der Waals surface area contributed by atoms with E-state index in [-0.39, 0.29) is 5.84 Å². The first kappa shape index (κ1) is 11.3. The maximum Gasteiger partial charge on any atom is 0.140 e. The Balaban J connectivity index is 2.11. The van der Waals surface area contributed by atoms with Crippen molar-refractivity contribution in [2.45, 2.75) is 38.3 Å². The maximum absolute atomic E-state index is 8.33. The predicted octanol–water partition coefficient (Wildman–Crippen LogP) is 0.280. The maximum atomic E-state index is 8.33. The third-order valence-corrected chi connectivity index (χ3v) is 2.43. The van der Waals surface area contributed by atoms with Crippen LogP contribution in [0.25, 0.3) is 0 Å². The van der Waals surface area contributed by atoms with E-state index in [0.717, 1.165) is 26.0 Å². The standard InChI is InChI=1S/C9H19N3O2/c1-7-6-8(3-5-14-7)11-4-2-9(10)12-13/h7-8,11,13H,2-6H2,1H3,(H2,10,12). The van der Waals surface area contributed by atoms with E-state index in [4.69, 9.17) is 15.7 Å². The average molecular weight is 201 g/mol. The molecule has 0 aromatic carbocycles. The van der Waals surface area contributed by atoms with Crippen molar-refractivity contribution in [3.8, 4) is 0 Å². The molecular weight excluding hydrogens is 182 g/mol. The highest BCUT2D eigenvalue weighted by Crippen LogP contribution is 2.12. The summed E-state index contributed by atoms with van der Waals surface area (Å²) in [6.07, 6.45) is 3.00. The molecule has 1 aliphatic rings. The molecule has 2 atom stereocenters. The number of hydrogen-bond donors (Lipinski definition) is 3. The normalized spacial score (nSPS) is 29.1. The van der Waals surface area contributed by atoms with Gasteiger partial charge in [0.25, 0.3) is 0 Å². The van der Waals surface area contributed by atoms with Gasteiger partial charge in [-0.2, -0.15) is 0 Å². The highest BCUT2D eigenvalue weighted by atomic mass is 16.5. The molecule has 0 bridgehead atoms. The molecule has 0 aromatic heterocycles. The summed E-state index contributed by atoms with van der Waals surface area (Å²) in [5, 5.41) is 14.6. The van der Waals surface area contributed by atoms with Crippen molar-refractivity contribution in [3.05, 3.63) is 0 Å². The minimum absolute atomic E-state index is 0.276. The second kappa shape index (κ2) is 5.82. The molecule has 5 heteroatoms. The zero-order valence-corrected chi connectivity index (χ0v) is 8.57. The minimum Gasteiger partial charge on any atom is -0.409 e. The summed E-state index contributed by atoms with van der Waals surface area (Å²) < 4.78 is 5.43. The fourth-order valence-electron chi connectivity index (χ4n) is 1.64. The summed E-state index contributed by atoms with van der Waals surface area (Å²) in [7, 11) is 0. The van der Waals surface area contributed by atoms with Crippen LogP contribution in [-0.4, -0.2) is 36.3 Å². The topological polar surface area (TPSA) is 79.9 Å². The summed E-state index contributed by atoms with van der Waals surface area (Å²) in [5.41, 5.74) is 5.35. The zero-order chi connectivity index (χ0) is 10.4. The summed E-state index contributed by atoms with van der Waals surface area (Å²) >= 11 is 0. The van der Waals surface area contributed by atoms with Crippen molar-refractivity contribution < 1.29 is 9.94 Å². The molecular formula is C9H19N3O2. The van der Waals surface area contributed by atoms with Crippen molar-refractivity contribution in [3.63, 3.8) is 0 Å². The van der Waals surface area contributed by atoms with Crippen molar-refractivity contribution in [2.24, 2.45) is 10.9 Å². The number of nitrogens with two attached hydrogens (primary N) is 1. The Kier molecular flexibility index (Phi) is 4.69. The first-order valence-corrected chi connectivity index (χ1v) is 5.03. The molecule has 4 N–H and O–H groups in total. The van der Waals surface area contributed by atoms with Gasteiger partial charge in [0.05, 0.1) is 6.10 Å². The summed E-state index contributed by atoms with van der Waals surface area (Å²) in [5.74, 6) is 0.276. The lowest BCUT2D eigenvalue weighted by Gasteiger charge is -2.27. The smallest absolute Gasteiger partial charge is 0.140 e. The van der Waals surface area contributed by atoms with Crippen LogP contribution < -0.4 is 11.1 Å². The lowest BCUT2D eigenvalue weighted by atomic mass is 10.0. The van der Waals surface area contributed by atoms with Crippen LogP contribution in [0.1, 0.15) is 26.2 Å². The van der Waals surface area contributed by atoms with Crippen molar-refractivity contribution >= 4 is 5.84 Å². The summed E-state index contributed by atoms with van der Waals surface area (Å²) in [4.78, 5) is 0. The molecule has 1 rings (SSSR count). The Labute approximate surface area is 84.3 Å². The number of nitrogens with zero attached hydrogens (tertiary/aromatic N) is 1. The Morgan fingerprint density at radius 3 is 3.14 bits per heavy atom. The zero-order valence-electron chi connectivity index (χ0n) is 8.57. The van der Waals surface area contributed by atoms with Gasteiger partial charge in [-0.25, -0.2) is 0 Å². The second-order valence-corrected chi connectivity index (χ2v) is 3.70. The number of nitrogens with one attached hydrogen (secondary N) is 1. The van der Waals surface area contributed by atoms with Crippen LogP contribution in [0.4, 0.5) is 0 Å². The number of amidine groups is 1. The van der Waals surface area contributed by atoms with Gasteiger partial charge in [0, 0.05) is 25.6 Å². The Bertz CT molecular complexity index is 196. The number of oxime groups is 1. The van der Waals surface area contributed by atoms with Crippen LogP contribution in [0.2, 0.25) is 0 Å². The minimum atomic E-state index is 0.276. The van der Waals surface area contributed by atoms with Gasteiger partial charge >= 0.3 is 0 Å². The van der Waals surface area contributed by atoms with Crippen LogP contribution >= 0.6 is 0 Å². The second-order valence-electron chi connectivity index (χ2n) is 3.70. The third-order valence-electron chi connectivity index (χ3n) is 2.43. The largest absolute Gasteiger partial charge is 0.409 e. The molecule has 82 valence electrons. The highest BCUT2D eigenvalue weighted by Gasteiger charge is 2.18. The Morgan fingerprint density at radius 2 is 2.50 bits per heavy atom.